The summed E-state index contributed by atoms with van der Waals surface area (Å²) in [5, 5.41) is 5.26. The number of anilines is 1. The van der Waals surface area contributed by atoms with E-state index in [2.05, 4.69) is 10.6 Å². The van der Waals surface area contributed by atoms with Gasteiger partial charge < -0.3 is 15.4 Å². The van der Waals surface area contributed by atoms with Gasteiger partial charge in [-0.2, -0.15) is 0 Å². The number of hydrogen-bond donors (Lipinski definition) is 2. The minimum absolute atomic E-state index is 0.0140. The van der Waals surface area contributed by atoms with Crippen molar-refractivity contribution >= 4 is 17.5 Å². The van der Waals surface area contributed by atoms with Crippen LogP contribution in [0.4, 0.5) is 5.69 Å². The smallest absolute Gasteiger partial charge is 0.251 e. The van der Waals surface area contributed by atoms with E-state index in [1.165, 1.54) is 0 Å². The van der Waals surface area contributed by atoms with Crippen molar-refractivity contribution in [3.63, 3.8) is 0 Å². The van der Waals surface area contributed by atoms with Gasteiger partial charge in [-0.05, 0) is 31.5 Å². The third-order valence-corrected chi connectivity index (χ3v) is 2.44. The van der Waals surface area contributed by atoms with Gasteiger partial charge in [0.2, 0.25) is 5.91 Å². The lowest BCUT2D eigenvalue weighted by atomic mass is 10.1. The molecule has 0 spiro atoms. The number of ether oxygens (including phenoxy) is 1. The van der Waals surface area contributed by atoms with Crippen LogP contribution in [-0.2, 0) is 9.53 Å². The summed E-state index contributed by atoms with van der Waals surface area (Å²) in [6.45, 7) is 4.19. The number of carbonyl (C=O) groups is 2. The largest absolute Gasteiger partial charge is 0.372 e. The van der Waals surface area contributed by atoms with Crippen LogP contribution < -0.4 is 10.6 Å². The lowest BCUT2D eigenvalue weighted by Crippen LogP contribution is -2.21. The summed E-state index contributed by atoms with van der Waals surface area (Å²) in [5.74, 6) is -0.413. The molecule has 2 N–H and O–H groups in total. The Morgan fingerprint density at radius 1 is 1.33 bits per heavy atom. The van der Waals surface area contributed by atoms with E-state index in [9.17, 15) is 9.59 Å². The van der Waals surface area contributed by atoms with Crippen LogP contribution in [0.3, 0.4) is 0 Å². The maximum atomic E-state index is 11.5. The van der Waals surface area contributed by atoms with Crippen LogP contribution in [0.15, 0.2) is 18.2 Å². The van der Waals surface area contributed by atoms with Crippen LogP contribution >= 0.6 is 0 Å². The van der Waals surface area contributed by atoms with Crippen molar-refractivity contribution in [1.29, 1.82) is 0 Å². The summed E-state index contributed by atoms with van der Waals surface area (Å²) < 4.78 is 5.01. The lowest BCUT2D eigenvalue weighted by molar-refractivity contribution is -0.120. The standard InChI is InChI=1S/C13H18N2O3/c1-4-18-8-12(16)15-11-7-10(13(17)14-3)6-5-9(11)2/h5-7H,4,8H2,1-3H3,(H,14,17)(H,15,16). The van der Waals surface area contributed by atoms with E-state index < -0.39 is 0 Å². The highest BCUT2D eigenvalue weighted by Crippen LogP contribution is 2.16. The summed E-state index contributed by atoms with van der Waals surface area (Å²) in [6.07, 6.45) is 0. The first kappa shape index (κ1) is 14.2. The molecular formula is C13H18N2O3. The highest BCUT2D eigenvalue weighted by molar-refractivity contribution is 5.97. The van der Waals surface area contributed by atoms with Gasteiger partial charge in [-0.1, -0.05) is 6.07 Å². The molecule has 0 saturated heterocycles. The van der Waals surface area contributed by atoms with Crippen molar-refractivity contribution in [2.75, 3.05) is 25.6 Å². The van der Waals surface area contributed by atoms with Crippen molar-refractivity contribution in [1.82, 2.24) is 5.32 Å². The van der Waals surface area contributed by atoms with Gasteiger partial charge in [0, 0.05) is 24.9 Å². The van der Waals surface area contributed by atoms with Crippen molar-refractivity contribution < 1.29 is 14.3 Å². The molecular weight excluding hydrogens is 232 g/mol. The van der Waals surface area contributed by atoms with Crippen molar-refractivity contribution in [2.45, 2.75) is 13.8 Å². The molecule has 0 radical (unpaired) electrons. The van der Waals surface area contributed by atoms with Crippen LogP contribution in [0.2, 0.25) is 0 Å². The van der Waals surface area contributed by atoms with Gasteiger partial charge in [0.25, 0.3) is 5.91 Å². The minimum Gasteiger partial charge on any atom is -0.372 e. The van der Waals surface area contributed by atoms with Crippen LogP contribution in [0.5, 0.6) is 0 Å². The number of carbonyl (C=O) groups excluding carboxylic acids is 2. The Bertz CT molecular complexity index is 444. The van der Waals surface area contributed by atoms with Gasteiger partial charge in [-0.3, -0.25) is 9.59 Å². The molecule has 0 atom stereocenters. The molecule has 1 aromatic carbocycles. The molecule has 1 rings (SSSR count). The molecule has 18 heavy (non-hydrogen) atoms. The number of aryl methyl sites for hydroxylation is 1. The predicted molar refractivity (Wildman–Crippen MR) is 69.7 cm³/mol. The Kier molecular flexibility index (Phi) is 5.32. The van der Waals surface area contributed by atoms with Crippen molar-refractivity contribution in [3.05, 3.63) is 29.3 Å². The first-order valence-corrected chi connectivity index (χ1v) is 5.78. The van der Waals surface area contributed by atoms with E-state index in [1.807, 2.05) is 13.8 Å². The van der Waals surface area contributed by atoms with Crippen LogP contribution in [-0.4, -0.2) is 32.1 Å². The van der Waals surface area contributed by atoms with Gasteiger partial charge in [0.15, 0.2) is 0 Å². The molecule has 2 amide bonds. The molecule has 1 aromatic rings. The first-order chi connectivity index (χ1) is 8.58. The second kappa shape index (κ2) is 6.76. The van der Waals surface area contributed by atoms with Gasteiger partial charge in [0.05, 0.1) is 0 Å². The normalized spacial score (nSPS) is 9.94. The van der Waals surface area contributed by atoms with E-state index in [1.54, 1.807) is 25.2 Å². The summed E-state index contributed by atoms with van der Waals surface area (Å²) in [7, 11) is 1.57. The average Bonchev–Trinajstić information content (AvgIpc) is 2.38. The van der Waals surface area contributed by atoms with Gasteiger partial charge >= 0.3 is 0 Å². The van der Waals surface area contributed by atoms with Crippen LogP contribution in [0.1, 0.15) is 22.8 Å². The second-order valence-corrected chi connectivity index (χ2v) is 3.79. The zero-order valence-electron chi connectivity index (χ0n) is 10.9. The molecule has 0 saturated carbocycles. The summed E-state index contributed by atoms with van der Waals surface area (Å²) >= 11 is 0. The molecule has 0 aromatic heterocycles. The molecule has 0 aliphatic heterocycles. The fourth-order valence-corrected chi connectivity index (χ4v) is 1.42. The molecule has 5 nitrogen and oxygen atoms in total. The predicted octanol–water partition coefficient (Wildman–Crippen LogP) is 1.33. The molecule has 0 aliphatic carbocycles. The third-order valence-electron chi connectivity index (χ3n) is 2.44. The number of rotatable bonds is 5. The van der Waals surface area contributed by atoms with E-state index >= 15 is 0 Å². The second-order valence-electron chi connectivity index (χ2n) is 3.79. The molecule has 0 bridgehead atoms. The number of hydrogen-bond acceptors (Lipinski definition) is 3. The summed E-state index contributed by atoms with van der Waals surface area (Å²) in [4.78, 5) is 23.0. The lowest BCUT2D eigenvalue weighted by Gasteiger charge is -2.10. The number of nitrogens with one attached hydrogen (secondary N) is 2. The Morgan fingerprint density at radius 2 is 2.06 bits per heavy atom. The third kappa shape index (κ3) is 3.85. The van der Waals surface area contributed by atoms with Crippen LogP contribution in [0.25, 0.3) is 0 Å². The van der Waals surface area contributed by atoms with Crippen molar-refractivity contribution in [3.8, 4) is 0 Å². The van der Waals surface area contributed by atoms with E-state index in [0.717, 1.165) is 5.56 Å². The Labute approximate surface area is 107 Å². The van der Waals surface area contributed by atoms with Gasteiger partial charge in [-0.15, -0.1) is 0 Å². The summed E-state index contributed by atoms with van der Waals surface area (Å²) in [5.41, 5.74) is 2.03. The molecule has 0 unspecified atom stereocenters. The number of benzene rings is 1. The molecule has 0 fully saturated rings. The SMILES string of the molecule is CCOCC(=O)Nc1cc(C(=O)NC)ccc1C. The highest BCUT2D eigenvalue weighted by Gasteiger charge is 2.08. The van der Waals surface area contributed by atoms with Gasteiger partial charge in [0.1, 0.15) is 6.61 Å². The molecule has 0 aliphatic rings. The zero-order chi connectivity index (χ0) is 13.5. The fraction of sp³-hybridized carbons (Fsp3) is 0.385. The fourth-order valence-electron chi connectivity index (χ4n) is 1.42. The maximum absolute atomic E-state index is 11.5. The first-order valence-electron chi connectivity index (χ1n) is 5.78. The van der Waals surface area contributed by atoms with Crippen LogP contribution in [0, 0.1) is 6.92 Å². The summed E-state index contributed by atoms with van der Waals surface area (Å²) in [6, 6.07) is 5.16. The minimum atomic E-state index is -0.228. The van der Waals surface area contributed by atoms with E-state index in [4.69, 9.17) is 4.74 Å². The Hall–Kier alpha value is -1.88. The molecule has 0 heterocycles. The Balaban J connectivity index is 2.81. The van der Waals surface area contributed by atoms with E-state index in [-0.39, 0.29) is 18.4 Å². The maximum Gasteiger partial charge on any atom is 0.251 e. The monoisotopic (exact) mass is 250 g/mol. The van der Waals surface area contributed by atoms with E-state index in [0.29, 0.717) is 17.9 Å². The quantitative estimate of drug-likeness (QED) is 0.828. The van der Waals surface area contributed by atoms with Gasteiger partial charge in [-0.25, -0.2) is 0 Å². The average molecular weight is 250 g/mol. The Morgan fingerprint density at radius 3 is 2.67 bits per heavy atom. The topological polar surface area (TPSA) is 67.4 Å². The molecule has 5 heteroatoms. The molecule has 98 valence electrons. The zero-order valence-corrected chi connectivity index (χ0v) is 10.9. The highest BCUT2D eigenvalue weighted by atomic mass is 16.5. The van der Waals surface area contributed by atoms with Crippen molar-refractivity contribution in [2.24, 2.45) is 0 Å². The number of amides is 2.